The maximum Gasteiger partial charge on any atom is 0.255 e. The highest BCUT2D eigenvalue weighted by molar-refractivity contribution is 5.99. The summed E-state index contributed by atoms with van der Waals surface area (Å²) in [5, 5.41) is 3.00. The van der Waals surface area contributed by atoms with Gasteiger partial charge in [-0.25, -0.2) is 9.97 Å². The molecular weight excluding hydrogens is 396 g/mol. The summed E-state index contributed by atoms with van der Waals surface area (Å²) in [5.74, 6) is 1.13. The molecule has 162 valence electrons. The van der Waals surface area contributed by atoms with E-state index in [9.17, 15) is 4.79 Å². The molecule has 0 bridgehead atoms. The Morgan fingerprint density at radius 1 is 1.23 bits per heavy atom. The van der Waals surface area contributed by atoms with E-state index >= 15 is 0 Å². The minimum Gasteiger partial charge on any atom is -0.468 e. The molecule has 1 aliphatic heterocycles. The van der Waals surface area contributed by atoms with Gasteiger partial charge in [-0.1, -0.05) is 0 Å². The van der Waals surface area contributed by atoms with Crippen molar-refractivity contribution in [1.82, 2.24) is 25.2 Å². The second-order valence-electron chi connectivity index (χ2n) is 7.48. The number of hydrogen-bond acceptors (Lipinski definition) is 8. The van der Waals surface area contributed by atoms with Crippen LogP contribution in [-0.2, 0) is 4.74 Å². The van der Waals surface area contributed by atoms with E-state index < -0.39 is 0 Å². The average Bonchev–Trinajstić information content (AvgIpc) is 3.34. The number of nitrogens with one attached hydrogen (secondary N) is 1. The van der Waals surface area contributed by atoms with Crippen molar-refractivity contribution in [2.45, 2.75) is 6.04 Å². The Morgan fingerprint density at radius 3 is 2.74 bits per heavy atom. The summed E-state index contributed by atoms with van der Waals surface area (Å²) in [5.41, 5.74) is 1.73. The zero-order chi connectivity index (χ0) is 21.6. The van der Waals surface area contributed by atoms with Crippen molar-refractivity contribution in [2.24, 2.45) is 0 Å². The van der Waals surface area contributed by atoms with E-state index in [1.807, 2.05) is 43.3 Å². The third kappa shape index (κ3) is 4.89. The molecular formula is C22H26N6O3. The van der Waals surface area contributed by atoms with Crippen molar-refractivity contribution in [1.29, 1.82) is 0 Å². The van der Waals surface area contributed by atoms with Gasteiger partial charge in [0.2, 0.25) is 5.95 Å². The molecule has 0 aromatic carbocycles. The number of morpholine rings is 1. The van der Waals surface area contributed by atoms with Gasteiger partial charge in [0.15, 0.2) is 0 Å². The fourth-order valence-corrected chi connectivity index (χ4v) is 3.48. The van der Waals surface area contributed by atoms with Crippen LogP contribution in [0.1, 0.15) is 22.2 Å². The Morgan fingerprint density at radius 2 is 2.06 bits per heavy atom. The number of carbonyl (C=O) groups excluding carboxylic acids is 1. The Kier molecular flexibility index (Phi) is 6.54. The molecule has 0 saturated carbocycles. The molecule has 1 fully saturated rings. The molecule has 4 rings (SSSR count). The van der Waals surface area contributed by atoms with Crippen LogP contribution < -0.4 is 10.2 Å². The van der Waals surface area contributed by atoms with Crippen LogP contribution in [0.25, 0.3) is 11.3 Å². The molecule has 1 amide bonds. The van der Waals surface area contributed by atoms with Crippen LogP contribution in [0.4, 0.5) is 5.95 Å². The number of hydrogen-bond donors (Lipinski definition) is 1. The van der Waals surface area contributed by atoms with Gasteiger partial charge >= 0.3 is 0 Å². The number of likely N-dealkylation sites (N-methyl/N-ethyl adjacent to an activating group) is 1. The molecule has 3 aromatic heterocycles. The minimum atomic E-state index is -0.245. The first kappa shape index (κ1) is 21.0. The lowest BCUT2D eigenvalue weighted by Crippen LogP contribution is -2.38. The third-order valence-electron chi connectivity index (χ3n) is 5.20. The van der Waals surface area contributed by atoms with Crippen molar-refractivity contribution in [2.75, 3.05) is 51.8 Å². The van der Waals surface area contributed by atoms with Crippen LogP contribution in [0.3, 0.4) is 0 Å². The maximum atomic E-state index is 13.1. The number of amides is 1. The van der Waals surface area contributed by atoms with Gasteiger partial charge in [0.05, 0.1) is 36.8 Å². The quantitative estimate of drug-likeness (QED) is 0.618. The van der Waals surface area contributed by atoms with Crippen LogP contribution in [0.5, 0.6) is 0 Å². The number of ether oxygens (including phenoxy) is 1. The van der Waals surface area contributed by atoms with E-state index in [0.717, 1.165) is 11.3 Å². The predicted molar refractivity (Wildman–Crippen MR) is 116 cm³/mol. The van der Waals surface area contributed by atoms with Gasteiger partial charge in [0.25, 0.3) is 5.91 Å². The van der Waals surface area contributed by atoms with Gasteiger partial charge in [-0.05, 0) is 38.4 Å². The van der Waals surface area contributed by atoms with Crippen molar-refractivity contribution >= 4 is 11.9 Å². The molecule has 4 heterocycles. The summed E-state index contributed by atoms with van der Waals surface area (Å²) in [6.45, 7) is 3.08. The largest absolute Gasteiger partial charge is 0.468 e. The molecule has 31 heavy (non-hydrogen) atoms. The van der Waals surface area contributed by atoms with Crippen LogP contribution in [0, 0.1) is 0 Å². The molecule has 1 aliphatic rings. The smallest absolute Gasteiger partial charge is 0.255 e. The molecule has 1 unspecified atom stereocenters. The number of rotatable bonds is 7. The van der Waals surface area contributed by atoms with Crippen molar-refractivity contribution < 1.29 is 13.9 Å². The summed E-state index contributed by atoms with van der Waals surface area (Å²) >= 11 is 0. The zero-order valence-electron chi connectivity index (χ0n) is 17.7. The normalized spacial score (nSPS) is 15.1. The highest BCUT2D eigenvalue weighted by Gasteiger charge is 2.22. The van der Waals surface area contributed by atoms with Gasteiger partial charge in [-0.3, -0.25) is 14.7 Å². The van der Waals surface area contributed by atoms with Crippen LogP contribution in [0.15, 0.2) is 53.5 Å². The molecule has 0 radical (unpaired) electrons. The summed E-state index contributed by atoms with van der Waals surface area (Å²) in [6.07, 6.45) is 6.62. The zero-order valence-corrected chi connectivity index (χ0v) is 17.7. The SMILES string of the molecule is CN(C)C(CNC(=O)c1cnc(N2CCOCC2)nc1-c1cccnc1)c1ccco1. The standard InChI is InChI=1S/C22H26N6O3/c1-27(2)18(19-6-4-10-31-19)15-24-21(29)17-14-25-22(28-8-11-30-12-9-28)26-20(17)16-5-3-7-23-13-16/h3-7,10,13-14,18H,8-9,11-12,15H2,1-2H3,(H,24,29). The van der Waals surface area contributed by atoms with Gasteiger partial charge in [0, 0.05) is 43.8 Å². The third-order valence-corrected chi connectivity index (χ3v) is 5.20. The Hall–Kier alpha value is -3.30. The summed E-state index contributed by atoms with van der Waals surface area (Å²) < 4.78 is 10.9. The molecule has 1 saturated heterocycles. The highest BCUT2D eigenvalue weighted by atomic mass is 16.5. The summed E-state index contributed by atoms with van der Waals surface area (Å²) in [4.78, 5) is 30.6. The number of carbonyl (C=O) groups is 1. The molecule has 1 atom stereocenters. The molecule has 0 aliphatic carbocycles. The Bertz CT molecular complexity index is 988. The molecule has 1 N–H and O–H groups in total. The second kappa shape index (κ2) is 9.67. The first-order chi connectivity index (χ1) is 15.1. The second-order valence-corrected chi connectivity index (χ2v) is 7.48. The first-order valence-electron chi connectivity index (χ1n) is 10.2. The molecule has 9 nitrogen and oxygen atoms in total. The molecule has 9 heteroatoms. The van der Waals surface area contributed by atoms with E-state index in [4.69, 9.17) is 14.1 Å². The average molecular weight is 422 g/mol. The topological polar surface area (TPSA) is 96.6 Å². The number of anilines is 1. The lowest BCUT2D eigenvalue weighted by atomic mass is 10.1. The number of pyridine rings is 1. The Balaban J connectivity index is 1.59. The minimum absolute atomic E-state index is 0.0886. The van der Waals surface area contributed by atoms with Crippen molar-refractivity contribution in [3.8, 4) is 11.3 Å². The number of aromatic nitrogens is 3. The number of furan rings is 1. The monoisotopic (exact) mass is 422 g/mol. The van der Waals surface area contributed by atoms with Gasteiger partial charge in [-0.2, -0.15) is 0 Å². The molecule has 0 spiro atoms. The van der Waals surface area contributed by atoms with E-state index in [2.05, 4.69) is 20.2 Å². The lowest BCUT2D eigenvalue weighted by molar-refractivity contribution is 0.0939. The van der Waals surface area contributed by atoms with E-state index in [0.29, 0.717) is 50.1 Å². The van der Waals surface area contributed by atoms with Crippen molar-refractivity contribution in [3.05, 3.63) is 60.4 Å². The maximum absolute atomic E-state index is 13.1. The first-order valence-corrected chi connectivity index (χ1v) is 10.2. The lowest BCUT2D eigenvalue weighted by Gasteiger charge is -2.27. The van der Waals surface area contributed by atoms with Gasteiger partial charge in [0.1, 0.15) is 5.76 Å². The predicted octanol–water partition coefficient (Wildman–Crippen LogP) is 2.00. The van der Waals surface area contributed by atoms with Gasteiger partial charge < -0.3 is 19.4 Å². The van der Waals surface area contributed by atoms with Crippen molar-refractivity contribution in [3.63, 3.8) is 0 Å². The fraction of sp³-hybridized carbons (Fsp3) is 0.364. The fourth-order valence-electron chi connectivity index (χ4n) is 3.48. The summed E-state index contributed by atoms with van der Waals surface area (Å²) in [6, 6.07) is 7.37. The van der Waals surface area contributed by atoms with Crippen LogP contribution >= 0.6 is 0 Å². The van der Waals surface area contributed by atoms with E-state index in [1.165, 1.54) is 0 Å². The highest BCUT2D eigenvalue weighted by Crippen LogP contribution is 2.24. The van der Waals surface area contributed by atoms with Gasteiger partial charge in [-0.15, -0.1) is 0 Å². The van der Waals surface area contributed by atoms with E-state index in [-0.39, 0.29) is 11.9 Å². The number of nitrogens with zero attached hydrogens (tertiary/aromatic N) is 5. The van der Waals surface area contributed by atoms with E-state index in [1.54, 1.807) is 24.9 Å². The van der Waals surface area contributed by atoms with Crippen LogP contribution in [0.2, 0.25) is 0 Å². The summed E-state index contributed by atoms with van der Waals surface area (Å²) in [7, 11) is 3.89. The molecule has 3 aromatic rings. The Labute approximate surface area is 181 Å². The van der Waals surface area contributed by atoms with Crippen LogP contribution in [-0.4, -0.2) is 72.7 Å².